The van der Waals surface area contributed by atoms with Gasteiger partial charge in [0, 0.05) is 6.07 Å². The molecule has 9 heteroatoms. The lowest BCUT2D eigenvalue weighted by Crippen LogP contribution is -2.19. The normalized spacial score (nSPS) is 12.3. The number of benzene rings is 2. The van der Waals surface area contributed by atoms with Gasteiger partial charge in [0.05, 0.1) is 23.1 Å². The number of nitro benzene ring substituents is 1. The van der Waals surface area contributed by atoms with Gasteiger partial charge in [0.2, 0.25) is 12.7 Å². The Balaban J connectivity index is 1.38. The van der Waals surface area contributed by atoms with Crippen LogP contribution in [0.3, 0.4) is 0 Å². The highest BCUT2D eigenvalue weighted by Crippen LogP contribution is 2.32. The monoisotopic (exact) mass is 393 g/mol. The van der Waals surface area contributed by atoms with Gasteiger partial charge in [-0.25, -0.2) is 5.43 Å². The number of fused-ring (bicyclic) bond motifs is 1. The van der Waals surface area contributed by atoms with Crippen LogP contribution >= 0.6 is 0 Å². The third-order valence-corrected chi connectivity index (χ3v) is 4.18. The maximum atomic E-state index is 12.0. The Morgan fingerprint density at radius 1 is 1.14 bits per heavy atom. The SMILES string of the molecule is O=C(Cc1ccc2c(c1)OCO2)N/N=C\c1ccc(-c2ccccc2[N+](=O)[O-])o1. The molecular formula is C20H15N3O6. The first-order valence-electron chi connectivity index (χ1n) is 8.64. The number of nitrogens with zero attached hydrogens (tertiary/aromatic N) is 2. The minimum Gasteiger partial charge on any atom is -0.455 e. The number of para-hydroxylation sites is 1. The zero-order chi connectivity index (χ0) is 20.2. The highest BCUT2D eigenvalue weighted by Gasteiger charge is 2.17. The van der Waals surface area contributed by atoms with Crippen molar-refractivity contribution in [2.45, 2.75) is 6.42 Å². The first kappa shape index (κ1) is 18.2. The smallest absolute Gasteiger partial charge is 0.280 e. The highest BCUT2D eigenvalue weighted by molar-refractivity contribution is 5.82. The fourth-order valence-corrected chi connectivity index (χ4v) is 2.85. The molecule has 0 unspecified atom stereocenters. The standard InChI is InChI=1S/C20H15N3O6/c24-20(10-13-5-7-18-19(9-13)28-12-27-18)22-21-11-14-6-8-17(29-14)15-3-1-2-4-16(15)23(25)26/h1-9,11H,10,12H2,(H,22,24)/b21-11-. The van der Waals surface area contributed by atoms with Crippen LogP contribution in [0.1, 0.15) is 11.3 Å². The predicted octanol–water partition coefficient (Wildman–Crippen LogP) is 3.28. The van der Waals surface area contributed by atoms with Crippen molar-refractivity contribution < 1.29 is 23.6 Å². The second-order valence-corrected chi connectivity index (χ2v) is 6.13. The molecule has 0 saturated heterocycles. The highest BCUT2D eigenvalue weighted by atomic mass is 16.7. The Bertz CT molecular complexity index is 1110. The zero-order valence-corrected chi connectivity index (χ0v) is 15.0. The second-order valence-electron chi connectivity index (χ2n) is 6.13. The van der Waals surface area contributed by atoms with Gasteiger partial charge in [0.25, 0.3) is 5.69 Å². The van der Waals surface area contributed by atoms with Crippen molar-refractivity contribution in [3.63, 3.8) is 0 Å². The van der Waals surface area contributed by atoms with Gasteiger partial charge in [-0.3, -0.25) is 14.9 Å². The maximum Gasteiger partial charge on any atom is 0.280 e. The number of hydrogen-bond acceptors (Lipinski definition) is 7. The summed E-state index contributed by atoms with van der Waals surface area (Å²) in [5.74, 6) is 1.63. The summed E-state index contributed by atoms with van der Waals surface area (Å²) < 4.78 is 16.1. The summed E-state index contributed by atoms with van der Waals surface area (Å²) in [7, 11) is 0. The quantitative estimate of drug-likeness (QED) is 0.390. The van der Waals surface area contributed by atoms with Crippen LogP contribution in [-0.2, 0) is 11.2 Å². The van der Waals surface area contributed by atoms with E-state index in [1.54, 1.807) is 48.5 Å². The van der Waals surface area contributed by atoms with Crippen LogP contribution < -0.4 is 14.9 Å². The summed E-state index contributed by atoms with van der Waals surface area (Å²) in [4.78, 5) is 22.7. The third kappa shape index (κ3) is 4.08. The van der Waals surface area contributed by atoms with E-state index in [-0.39, 0.29) is 24.8 Å². The lowest BCUT2D eigenvalue weighted by atomic mass is 10.1. The molecule has 1 N–H and O–H groups in total. The lowest BCUT2D eigenvalue weighted by molar-refractivity contribution is -0.384. The number of carbonyl (C=O) groups is 1. The van der Waals surface area contributed by atoms with E-state index in [9.17, 15) is 14.9 Å². The first-order valence-corrected chi connectivity index (χ1v) is 8.64. The predicted molar refractivity (Wildman–Crippen MR) is 103 cm³/mol. The molecule has 0 fully saturated rings. The summed E-state index contributed by atoms with van der Waals surface area (Å²) in [6.07, 6.45) is 1.45. The fourth-order valence-electron chi connectivity index (χ4n) is 2.85. The average molecular weight is 393 g/mol. The number of carbonyl (C=O) groups excluding carboxylic acids is 1. The van der Waals surface area contributed by atoms with Gasteiger partial charge in [-0.05, 0) is 35.9 Å². The van der Waals surface area contributed by atoms with Crippen molar-refractivity contribution in [1.29, 1.82) is 0 Å². The van der Waals surface area contributed by atoms with Gasteiger partial charge in [-0.2, -0.15) is 5.10 Å². The maximum absolute atomic E-state index is 12.0. The molecule has 0 radical (unpaired) electrons. The van der Waals surface area contributed by atoms with Crippen LogP contribution in [0, 0.1) is 10.1 Å². The largest absolute Gasteiger partial charge is 0.455 e. The summed E-state index contributed by atoms with van der Waals surface area (Å²) in [6.45, 7) is 0.173. The number of nitrogens with one attached hydrogen (secondary N) is 1. The van der Waals surface area contributed by atoms with E-state index in [1.165, 1.54) is 12.3 Å². The van der Waals surface area contributed by atoms with Crippen LogP contribution in [0.25, 0.3) is 11.3 Å². The van der Waals surface area contributed by atoms with E-state index in [2.05, 4.69) is 10.5 Å². The molecule has 0 bridgehead atoms. The van der Waals surface area contributed by atoms with E-state index in [0.717, 1.165) is 5.56 Å². The van der Waals surface area contributed by atoms with Crippen molar-refractivity contribution in [2.24, 2.45) is 5.10 Å². The molecule has 0 atom stereocenters. The van der Waals surface area contributed by atoms with E-state index < -0.39 is 4.92 Å². The molecule has 9 nitrogen and oxygen atoms in total. The van der Waals surface area contributed by atoms with Crippen LogP contribution in [-0.4, -0.2) is 23.8 Å². The van der Waals surface area contributed by atoms with Crippen LogP contribution in [0.15, 0.2) is 64.1 Å². The van der Waals surface area contributed by atoms with Crippen molar-refractivity contribution in [3.05, 3.63) is 76.0 Å². The summed E-state index contributed by atoms with van der Waals surface area (Å²) in [5.41, 5.74) is 3.49. The summed E-state index contributed by atoms with van der Waals surface area (Å²) >= 11 is 0. The Labute approximate surface area is 164 Å². The lowest BCUT2D eigenvalue weighted by Gasteiger charge is -2.02. The molecule has 1 aliphatic heterocycles. The van der Waals surface area contributed by atoms with E-state index in [0.29, 0.717) is 28.6 Å². The summed E-state index contributed by atoms with van der Waals surface area (Å²) in [5, 5.41) is 15.0. The third-order valence-electron chi connectivity index (χ3n) is 4.18. The van der Waals surface area contributed by atoms with Gasteiger partial charge in [-0.1, -0.05) is 18.2 Å². The molecule has 0 spiro atoms. The summed E-state index contributed by atoms with van der Waals surface area (Å²) in [6, 6.07) is 14.8. The van der Waals surface area contributed by atoms with Crippen LogP contribution in [0.4, 0.5) is 5.69 Å². The van der Waals surface area contributed by atoms with Gasteiger partial charge >= 0.3 is 0 Å². The minimum atomic E-state index is -0.470. The fraction of sp³-hybridized carbons (Fsp3) is 0.100. The molecule has 1 aliphatic rings. The van der Waals surface area contributed by atoms with Crippen molar-refractivity contribution >= 4 is 17.8 Å². The molecule has 3 aromatic rings. The number of furan rings is 1. The first-order chi connectivity index (χ1) is 14.1. The van der Waals surface area contributed by atoms with Crippen molar-refractivity contribution in [3.8, 4) is 22.8 Å². The second kappa shape index (κ2) is 7.85. The number of hydrazone groups is 1. The molecule has 1 amide bonds. The number of nitro groups is 1. The molecule has 2 heterocycles. The molecule has 1 aromatic heterocycles. The van der Waals surface area contributed by atoms with Gasteiger partial charge < -0.3 is 13.9 Å². The number of hydrogen-bond donors (Lipinski definition) is 1. The number of ether oxygens (including phenoxy) is 2. The van der Waals surface area contributed by atoms with Crippen molar-refractivity contribution in [1.82, 2.24) is 5.43 Å². The molecule has 2 aromatic carbocycles. The van der Waals surface area contributed by atoms with Crippen LogP contribution in [0.5, 0.6) is 11.5 Å². The minimum absolute atomic E-state index is 0.0534. The molecular weight excluding hydrogens is 378 g/mol. The Morgan fingerprint density at radius 3 is 2.83 bits per heavy atom. The molecule has 0 saturated carbocycles. The van der Waals surface area contributed by atoms with Crippen LogP contribution in [0.2, 0.25) is 0 Å². The topological polar surface area (TPSA) is 116 Å². The molecule has 146 valence electrons. The van der Waals surface area contributed by atoms with Gasteiger partial charge in [-0.15, -0.1) is 0 Å². The Hall–Kier alpha value is -4.14. The van der Waals surface area contributed by atoms with E-state index >= 15 is 0 Å². The molecule has 4 rings (SSSR count). The molecule has 29 heavy (non-hydrogen) atoms. The molecule has 0 aliphatic carbocycles. The van der Waals surface area contributed by atoms with E-state index in [1.807, 2.05) is 0 Å². The van der Waals surface area contributed by atoms with Crippen molar-refractivity contribution in [2.75, 3.05) is 6.79 Å². The average Bonchev–Trinajstić information content (AvgIpc) is 3.37. The zero-order valence-electron chi connectivity index (χ0n) is 15.0. The van der Waals surface area contributed by atoms with Gasteiger partial charge in [0.15, 0.2) is 11.5 Å². The Morgan fingerprint density at radius 2 is 1.97 bits per heavy atom. The van der Waals surface area contributed by atoms with Gasteiger partial charge in [0.1, 0.15) is 11.5 Å². The number of amides is 1. The van der Waals surface area contributed by atoms with E-state index in [4.69, 9.17) is 13.9 Å². The number of rotatable bonds is 6. The Kier molecular flexibility index (Phi) is 4.93.